The van der Waals surface area contributed by atoms with Gasteiger partial charge in [-0.05, 0) is 50.2 Å². The zero-order valence-corrected chi connectivity index (χ0v) is 20.6. The molecule has 9 heteroatoms. The number of anilines is 1. The molecule has 0 aliphatic heterocycles. The van der Waals surface area contributed by atoms with Gasteiger partial charge in [0.25, 0.3) is 5.91 Å². The van der Waals surface area contributed by atoms with Crippen molar-refractivity contribution in [2.45, 2.75) is 13.8 Å². The van der Waals surface area contributed by atoms with Gasteiger partial charge in [0.1, 0.15) is 0 Å². The van der Waals surface area contributed by atoms with Gasteiger partial charge in [0.15, 0.2) is 0 Å². The molecular weight excluding hydrogens is 470 g/mol. The summed E-state index contributed by atoms with van der Waals surface area (Å²) in [4.78, 5) is 13.4. The van der Waals surface area contributed by atoms with Gasteiger partial charge in [0, 0.05) is 11.3 Å². The number of aromatic nitrogens is 4. The Bertz CT molecular complexity index is 1580. The van der Waals surface area contributed by atoms with Crippen LogP contribution < -0.4 is 10.1 Å². The molecule has 0 radical (unpaired) electrons. The Morgan fingerprint density at radius 1 is 0.861 bits per heavy atom. The van der Waals surface area contributed by atoms with Crippen LogP contribution in [0.25, 0.3) is 11.4 Å². The summed E-state index contributed by atoms with van der Waals surface area (Å²) in [5, 5.41) is 21.2. The van der Waals surface area contributed by atoms with Crippen molar-refractivity contribution in [3.8, 4) is 11.4 Å². The summed E-state index contributed by atoms with van der Waals surface area (Å²) >= 11 is 1.17. The Morgan fingerprint density at radius 3 is 2.08 bits per heavy atom. The standard InChI is InChI=1S/C27H23N7OS/c1-19(24-18-28-33(20(24)2)22-14-8-4-9-15-22)30-31-27-34(23-16-10-5-11-17-23)32-26(36-27)25(35)29-21-12-6-3-7-13-21/h3-18H,1-2H3,(H,29,35). The molecule has 2 aromatic heterocycles. The minimum atomic E-state index is -0.307. The molecular formula is C27H23N7OS. The van der Waals surface area contributed by atoms with E-state index in [0.717, 1.165) is 22.6 Å². The second-order valence-corrected chi connectivity index (χ2v) is 8.89. The second kappa shape index (κ2) is 10.3. The third-order valence-corrected chi connectivity index (χ3v) is 6.37. The first-order chi connectivity index (χ1) is 17.6. The Labute approximate surface area is 211 Å². The minimum absolute atomic E-state index is 0.280. The molecule has 0 aliphatic rings. The van der Waals surface area contributed by atoms with E-state index in [2.05, 4.69) is 25.7 Å². The van der Waals surface area contributed by atoms with Crippen LogP contribution in [-0.2, 0) is 0 Å². The van der Waals surface area contributed by atoms with Crippen LogP contribution in [0.1, 0.15) is 28.0 Å². The maximum Gasteiger partial charge on any atom is 0.286 e. The van der Waals surface area contributed by atoms with E-state index >= 15 is 0 Å². The third kappa shape index (κ3) is 4.91. The Hall–Kier alpha value is -4.63. The number of nitrogens with zero attached hydrogens (tertiary/aromatic N) is 6. The van der Waals surface area contributed by atoms with Crippen molar-refractivity contribution < 1.29 is 4.79 Å². The Kier molecular flexibility index (Phi) is 6.63. The van der Waals surface area contributed by atoms with Crippen molar-refractivity contribution >= 4 is 28.6 Å². The van der Waals surface area contributed by atoms with E-state index in [-0.39, 0.29) is 10.9 Å². The molecule has 0 bridgehead atoms. The molecule has 0 spiro atoms. The molecule has 0 saturated carbocycles. The Balaban J connectivity index is 1.51. The number of nitrogens with one attached hydrogen (secondary N) is 1. The highest BCUT2D eigenvalue weighted by atomic mass is 32.1. The molecule has 0 unspecified atom stereocenters. The molecule has 1 N–H and O–H groups in total. The molecule has 0 atom stereocenters. The molecule has 5 rings (SSSR count). The van der Waals surface area contributed by atoms with Gasteiger partial charge in [-0.2, -0.15) is 10.2 Å². The molecule has 1 amide bonds. The summed E-state index contributed by atoms with van der Waals surface area (Å²) in [7, 11) is 0. The first kappa shape index (κ1) is 23.1. The van der Waals surface area contributed by atoms with Crippen LogP contribution in [-0.4, -0.2) is 31.2 Å². The fourth-order valence-electron chi connectivity index (χ4n) is 3.65. The smallest absolute Gasteiger partial charge is 0.286 e. The number of carbonyl (C=O) groups excluding carboxylic acids is 1. The topological polar surface area (TPSA) is 89.5 Å². The summed E-state index contributed by atoms with van der Waals surface area (Å²) in [6.45, 7) is 3.89. The van der Waals surface area contributed by atoms with E-state index in [0.29, 0.717) is 16.2 Å². The van der Waals surface area contributed by atoms with Crippen molar-refractivity contribution in [3.05, 3.63) is 118 Å². The molecule has 3 aromatic carbocycles. The Morgan fingerprint density at radius 2 is 1.44 bits per heavy atom. The van der Waals surface area contributed by atoms with E-state index in [1.807, 2.05) is 110 Å². The zero-order chi connectivity index (χ0) is 24.9. The largest absolute Gasteiger partial charge is 0.320 e. The van der Waals surface area contributed by atoms with Crippen LogP contribution in [0.3, 0.4) is 0 Å². The lowest BCUT2D eigenvalue weighted by molar-refractivity contribution is 0.102. The van der Waals surface area contributed by atoms with Crippen molar-refractivity contribution in [2.75, 3.05) is 5.32 Å². The summed E-state index contributed by atoms with van der Waals surface area (Å²) in [6, 6.07) is 28.8. The summed E-state index contributed by atoms with van der Waals surface area (Å²) < 4.78 is 3.50. The number of rotatable bonds is 6. The molecule has 0 fully saturated rings. The van der Waals surface area contributed by atoms with E-state index in [9.17, 15) is 4.79 Å². The van der Waals surface area contributed by atoms with Crippen molar-refractivity contribution in [1.82, 2.24) is 19.6 Å². The first-order valence-electron chi connectivity index (χ1n) is 11.3. The van der Waals surface area contributed by atoms with E-state index in [4.69, 9.17) is 0 Å². The van der Waals surface area contributed by atoms with Crippen LogP contribution in [0, 0.1) is 6.92 Å². The molecule has 178 valence electrons. The molecule has 5 aromatic rings. The highest BCUT2D eigenvalue weighted by Gasteiger charge is 2.15. The fourth-order valence-corrected chi connectivity index (χ4v) is 4.40. The van der Waals surface area contributed by atoms with Gasteiger partial charge in [-0.15, -0.1) is 10.2 Å². The van der Waals surface area contributed by atoms with Crippen LogP contribution in [0.4, 0.5) is 5.69 Å². The number of carbonyl (C=O) groups is 1. The molecule has 36 heavy (non-hydrogen) atoms. The quantitative estimate of drug-likeness (QED) is 0.266. The summed E-state index contributed by atoms with van der Waals surface area (Å²) in [5.41, 5.74) is 5.01. The molecule has 0 saturated heterocycles. The van der Waals surface area contributed by atoms with E-state index < -0.39 is 0 Å². The van der Waals surface area contributed by atoms with Crippen LogP contribution >= 0.6 is 11.3 Å². The lowest BCUT2D eigenvalue weighted by atomic mass is 10.2. The van der Waals surface area contributed by atoms with Gasteiger partial charge in [0.2, 0.25) is 9.81 Å². The SMILES string of the molecule is CC(=NN=c1sc(C(=O)Nc2ccccc2)nn1-c1ccccc1)c1cnn(-c2ccccc2)c1C. The van der Waals surface area contributed by atoms with Gasteiger partial charge in [-0.3, -0.25) is 4.79 Å². The average molecular weight is 494 g/mol. The lowest BCUT2D eigenvalue weighted by Crippen LogP contribution is -2.15. The summed E-state index contributed by atoms with van der Waals surface area (Å²) in [5.74, 6) is -0.307. The van der Waals surface area contributed by atoms with E-state index in [1.54, 1.807) is 10.9 Å². The normalized spacial score (nSPS) is 12.1. The monoisotopic (exact) mass is 493 g/mol. The van der Waals surface area contributed by atoms with Gasteiger partial charge in [-0.25, -0.2) is 9.36 Å². The van der Waals surface area contributed by atoms with Crippen LogP contribution in [0.5, 0.6) is 0 Å². The summed E-state index contributed by atoms with van der Waals surface area (Å²) in [6.07, 6.45) is 1.79. The third-order valence-electron chi connectivity index (χ3n) is 5.47. The minimum Gasteiger partial charge on any atom is -0.320 e. The number of amides is 1. The maximum absolute atomic E-state index is 12.9. The van der Waals surface area contributed by atoms with Gasteiger partial charge < -0.3 is 5.32 Å². The fraction of sp³-hybridized carbons (Fsp3) is 0.0741. The van der Waals surface area contributed by atoms with Crippen molar-refractivity contribution in [3.63, 3.8) is 0 Å². The molecule has 2 heterocycles. The zero-order valence-electron chi connectivity index (χ0n) is 19.7. The predicted octanol–water partition coefficient (Wildman–Crippen LogP) is 5.01. The van der Waals surface area contributed by atoms with E-state index in [1.165, 1.54) is 11.3 Å². The predicted molar refractivity (Wildman–Crippen MR) is 142 cm³/mol. The highest BCUT2D eigenvalue weighted by Crippen LogP contribution is 2.15. The number of para-hydroxylation sites is 3. The average Bonchev–Trinajstić information content (AvgIpc) is 3.53. The van der Waals surface area contributed by atoms with Gasteiger partial charge in [0.05, 0.1) is 29.0 Å². The van der Waals surface area contributed by atoms with Gasteiger partial charge in [-0.1, -0.05) is 65.9 Å². The number of hydrogen-bond acceptors (Lipinski definition) is 6. The lowest BCUT2D eigenvalue weighted by Gasteiger charge is -2.04. The van der Waals surface area contributed by atoms with Crippen molar-refractivity contribution in [2.24, 2.45) is 10.2 Å². The first-order valence-corrected chi connectivity index (χ1v) is 12.1. The van der Waals surface area contributed by atoms with Crippen LogP contribution in [0.2, 0.25) is 0 Å². The highest BCUT2D eigenvalue weighted by molar-refractivity contribution is 7.11. The molecule has 0 aliphatic carbocycles. The molecule has 8 nitrogen and oxygen atoms in total. The van der Waals surface area contributed by atoms with Gasteiger partial charge >= 0.3 is 0 Å². The number of hydrogen-bond donors (Lipinski definition) is 1. The van der Waals surface area contributed by atoms with Crippen LogP contribution in [0.15, 0.2) is 107 Å². The second-order valence-electron chi connectivity index (χ2n) is 7.93. The number of benzene rings is 3. The van der Waals surface area contributed by atoms with Crippen molar-refractivity contribution in [1.29, 1.82) is 0 Å². The maximum atomic E-state index is 12.9.